The molecule has 3 heteroatoms. The lowest BCUT2D eigenvalue weighted by atomic mass is 10.2. The third-order valence-electron chi connectivity index (χ3n) is 2.31. The zero-order chi connectivity index (χ0) is 9.97. The van der Waals surface area contributed by atoms with Crippen molar-refractivity contribution in [1.29, 1.82) is 0 Å². The van der Waals surface area contributed by atoms with E-state index >= 15 is 0 Å². The van der Waals surface area contributed by atoms with Crippen molar-refractivity contribution in [3.63, 3.8) is 0 Å². The third kappa shape index (κ3) is 2.80. The van der Waals surface area contributed by atoms with E-state index in [4.69, 9.17) is 9.47 Å². The SMILES string of the molecule is C[C@@H](OCc1ccc(Br)cc1)[C@@H]1CO1. The summed E-state index contributed by atoms with van der Waals surface area (Å²) >= 11 is 3.40. The fraction of sp³-hybridized carbons (Fsp3) is 0.455. The smallest absolute Gasteiger partial charge is 0.107 e. The third-order valence-corrected chi connectivity index (χ3v) is 2.84. The molecular formula is C11H13BrO2. The van der Waals surface area contributed by atoms with Gasteiger partial charge in [-0.1, -0.05) is 28.1 Å². The summed E-state index contributed by atoms with van der Waals surface area (Å²) in [5.74, 6) is 0. The highest BCUT2D eigenvalue weighted by Gasteiger charge is 2.29. The number of epoxide rings is 1. The first kappa shape index (κ1) is 10.1. The Kier molecular flexibility index (Phi) is 3.21. The molecule has 2 nitrogen and oxygen atoms in total. The lowest BCUT2D eigenvalue weighted by Crippen LogP contribution is -2.14. The molecule has 0 aliphatic carbocycles. The van der Waals surface area contributed by atoms with Crippen LogP contribution in [0.2, 0.25) is 0 Å². The van der Waals surface area contributed by atoms with Crippen molar-refractivity contribution in [2.45, 2.75) is 25.7 Å². The molecule has 76 valence electrons. The number of hydrogen-bond donors (Lipinski definition) is 0. The van der Waals surface area contributed by atoms with Crippen LogP contribution in [0.25, 0.3) is 0 Å². The first-order chi connectivity index (χ1) is 6.75. The summed E-state index contributed by atoms with van der Waals surface area (Å²) in [6.45, 7) is 3.56. The van der Waals surface area contributed by atoms with E-state index in [1.165, 1.54) is 5.56 Å². The summed E-state index contributed by atoms with van der Waals surface area (Å²) in [7, 11) is 0. The van der Waals surface area contributed by atoms with Gasteiger partial charge in [-0.25, -0.2) is 0 Å². The predicted octanol–water partition coefficient (Wildman–Crippen LogP) is 2.75. The molecule has 0 radical (unpaired) electrons. The van der Waals surface area contributed by atoms with Gasteiger partial charge in [0.15, 0.2) is 0 Å². The molecular weight excluding hydrogens is 244 g/mol. The van der Waals surface area contributed by atoms with Gasteiger partial charge in [0.25, 0.3) is 0 Å². The molecule has 1 aromatic carbocycles. The van der Waals surface area contributed by atoms with Crippen LogP contribution in [0.1, 0.15) is 12.5 Å². The second kappa shape index (κ2) is 4.43. The topological polar surface area (TPSA) is 21.8 Å². The van der Waals surface area contributed by atoms with Crippen LogP contribution in [-0.4, -0.2) is 18.8 Å². The lowest BCUT2D eigenvalue weighted by Gasteiger charge is -2.09. The maximum Gasteiger partial charge on any atom is 0.107 e. The molecule has 0 saturated carbocycles. The summed E-state index contributed by atoms with van der Waals surface area (Å²) in [6, 6.07) is 8.17. The average molecular weight is 257 g/mol. The van der Waals surface area contributed by atoms with Gasteiger partial charge in [-0.05, 0) is 24.6 Å². The van der Waals surface area contributed by atoms with Gasteiger partial charge in [-0.3, -0.25) is 0 Å². The highest BCUT2D eigenvalue weighted by molar-refractivity contribution is 9.10. The van der Waals surface area contributed by atoms with Crippen molar-refractivity contribution in [2.75, 3.05) is 6.61 Å². The van der Waals surface area contributed by atoms with Crippen molar-refractivity contribution >= 4 is 15.9 Å². The van der Waals surface area contributed by atoms with Crippen molar-refractivity contribution < 1.29 is 9.47 Å². The molecule has 1 heterocycles. The monoisotopic (exact) mass is 256 g/mol. The van der Waals surface area contributed by atoms with Crippen LogP contribution in [0.4, 0.5) is 0 Å². The minimum absolute atomic E-state index is 0.207. The van der Waals surface area contributed by atoms with Gasteiger partial charge >= 0.3 is 0 Å². The molecule has 1 fully saturated rings. The number of ether oxygens (including phenoxy) is 2. The molecule has 1 saturated heterocycles. The zero-order valence-corrected chi connectivity index (χ0v) is 9.66. The highest BCUT2D eigenvalue weighted by atomic mass is 79.9. The van der Waals surface area contributed by atoms with Gasteiger partial charge < -0.3 is 9.47 Å². The Labute approximate surface area is 92.3 Å². The standard InChI is InChI=1S/C11H13BrO2/c1-8(11-7-14-11)13-6-9-2-4-10(12)5-3-9/h2-5,8,11H,6-7H2,1H3/t8-,11+/m1/s1. The van der Waals surface area contributed by atoms with E-state index in [0.29, 0.717) is 12.7 Å². The number of hydrogen-bond acceptors (Lipinski definition) is 2. The Morgan fingerprint density at radius 2 is 2.14 bits per heavy atom. The van der Waals surface area contributed by atoms with Crippen molar-refractivity contribution in [3.8, 4) is 0 Å². The Balaban J connectivity index is 1.82. The number of rotatable bonds is 4. The van der Waals surface area contributed by atoms with Crippen LogP contribution >= 0.6 is 15.9 Å². The molecule has 0 spiro atoms. The van der Waals surface area contributed by atoms with Gasteiger partial charge in [0, 0.05) is 4.47 Å². The van der Waals surface area contributed by atoms with Crippen molar-refractivity contribution in [2.24, 2.45) is 0 Å². The first-order valence-electron chi connectivity index (χ1n) is 4.73. The Bertz CT molecular complexity index is 293. The fourth-order valence-corrected chi connectivity index (χ4v) is 1.51. The van der Waals surface area contributed by atoms with Crippen molar-refractivity contribution in [3.05, 3.63) is 34.3 Å². The van der Waals surface area contributed by atoms with Crippen LogP contribution in [-0.2, 0) is 16.1 Å². The largest absolute Gasteiger partial charge is 0.371 e. The normalized spacial score (nSPS) is 22.0. The second-order valence-corrected chi connectivity index (χ2v) is 4.43. The quantitative estimate of drug-likeness (QED) is 0.773. The van der Waals surface area contributed by atoms with E-state index in [1.807, 2.05) is 12.1 Å². The predicted molar refractivity (Wildman–Crippen MR) is 58.1 cm³/mol. The molecule has 14 heavy (non-hydrogen) atoms. The number of benzene rings is 1. The minimum atomic E-state index is 0.207. The van der Waals surface area contributed by atoms with Crippen LogP contribution in [0.5, 0.6) is 0 Å². The van der Waals surface area contributed by atoms with Crippen LogP contribution in [0, 0.1) is 0 Å². The van der Waals surface area contributed by atoms with Gasteiger partial charge in [-0.2, -0.15) is 0 Å². The number of halogens is 1. The van der Waals surface area contributed by atoms with E-state index in [-0.39, 0.29) is 6.10 Å². The van der Waals surface area contributed by atoms with Crippen LogP contribution in [0.15, 0.2) is 28.7 Å². The van der Waals surface area contributed by atoms with E-state index < -0.39 is 0 Å². The first-order valence-corrected chi connectivity index (χ1v) is 5.52. The summed E-state index contributed by atoms with van der Waals surface area (Å²) < 4.78 is 11.9. The molecule has 0 amide bonds. The summed E-state index contributed by atoms with van der Waals surface area (Å²) in [4.78, 5) is 0. The van der Waals surface area contributed by atoms with E-state index in [9.17, 15) is 0 Å². The van der Waals surface area contributed by atoms with Crippen molar-refractivity contribution in [1.82, 2.24) is 0 Å². The molecule has 0 unspecified atom stereocenters. The molecule has 1 aliphatic heterocycles. The average Bonchev–Trinajstić information content (AvgIpc) is 3.00. The van der Waals surface area contributed by atoms with Gasteiger partial charge in [0.05, 0.1) is 19.3 Å². The molecule has 0 bridgehead atoms. The van der Waals surface area contributed by atoms with Gasteiger partial charge in [-0.15, -0.1) is 0 Å². The molecule has 0 aromatic heterocycles. The second-order valence-electron chi connectivity index (χ2n) is 3.51. The van der Waals surface area contributed by atoms with Crippen LogP contribution < -0.4 is 0 Å². The summed E-state index contributed by atoms with van der Waals surface area (Å²) in [6.07, 6.45) is 0.532. The van der Waals surface area contributed by atoms with E-state index in [2.05, 4.69) is 35.0 Å². The Morgan fingerprint density at radius 3 is 2.71 bits per heavy atom. The highest BCUT2D eigenvalue weighted by Crippen LogP contribution is 2.18. The van der Waals surface area contributed by atoms with Gasteiger partial charge in [0.1, 0.15) is 6.10 Å². The molecule has 1 aromatic rings. The van der Waals surface area contributed by atoms with Crippen LogP contribution in [0.3, 0.4) is 0 Å². The van der Waals surface area contributed by atoms with E-state index in [1.54, 1.807) is 0 Å². The molecule has 2 rings (SSSR count). The zero-order valence-electron chi connectivity index (χ0n) is 8.07. The molecule has 0 N–H and O–H groups in total. The minimum Gasteiger partial charge on any atom is -0.371 e. The van der Waals surface area contributed by atoms with E-state index in [0.717, 1.165) is 11.1 Å². The maximum atomic E-state index is 5.65. The summed E-state index contributed by atoms with van der Waals surface area (Å²) in [5.41, 5.74) is 1.20. The lowest BCUT2D eigenvalue weighted by molar-refractivity contribution is 0.0340. The summed E-state index contributed by atoms with van der Waals surface area (Å²) in [5, 5.41) is 0. The Morgan fingerprint density at radius 1 is 1.50 bits per heavy atom. The Hall–Kier alpha value is -0.380. The molecule has 2 atom stereocenters. The van der Waals surface area contributed by atoms with Gasteiger partial charge in [0.2, 0.25) is 0 Å². The molecule has 1 aliphatic rings. The fourth-order valence-electron chi connectivity index (χ4n) is 1.24. The maximum absolute atomic E-state index is 5.65.